The van der Waals surface area contributed by atoms with Gasteiger partial charge in [0.05, 0.1) is 6.20 Å². The van der Waals surface area contributed by atoms with Gasteiger partial charge in [-0.25, -0.2) is 14.8 Å². The Hall–Kier alpha value is -3.46. The number of nitrogens with one attached hydrogen (secondary N) is 3. The Morgan fingerprint density at radius 1 is 1.06 bits per heavy atom. The SMILES string of the molecule is CCNC(=O)c1ccc(NC(=O)Nc2ncc(C=Cc3ncc(C(C)(C)C)o3)s2)cc1. The van der Waals surface area contributed by atoms with E-state index in [2.05, 4.69) is 46.7 Å². The average molecular weight is 440 g/mol. The lowest BCUT2D eigenvalue weighted by Crippen LogP contribution is -2.22. The maximum Gasteiger partial charge on any atom is 0.325 e. The van der Waals surface area contributed by atoms with Crippen LogP contribution in [-0.4, -0.2) is 28.5 Å². The lowest BCUT2D eigenvalue weighted by molar-refractivity contribution is 0.0956. The molecule has 3 N–H and O–H groups in total. The Morgan fingerprint density at radius 2 is 1.81 bits per heavy atom. The minimum absolute atomic E-state index is 0.101. The second-order valence-electron chi connectivity index (χ2n) is 7.73. The van der Waals surface area contributed by atoms with E-state index in [0.717, 1.165) is 10.6 Å². The second-order valence-corrected chi connectivity index (χ2v) is 8.79. The van der Waals surface area contributed by atoms with Crippen molar-refractivity contribution in [2.24, 2.45) is 0 Å². The van der Waals surface area contributed by atoms with Gasteiger partial charge in [-0.15, -0.1) is 0 Å². The van der Waals surface area contributed by atoms with Gasteiger partial charge in [0, 0.05) is 40.4 Å². The number of anilines is 2. The summed E-state index contributed by atoms with van der Waals surface area (Å²) >= 11 is 1.32. The van der Waals surface area contributed by atoms with Gasteiger partial charge in [-0.1, -0.05) is 32.1 Å². The molecule has 9 heteroatoms. The van der Waals surface area contributed by atoms with Crippen molar-refractivity contribution in [2.75, 3.05) is 17.2 Å². The van der Waals surface area contributed by atoms with Crippen molar-refractivity contribution in [3.63, 3.8) is 0 Å². The fourth-order valence-electron chi connectivity index (χ4n) is 2.51. The highest BCUT2D eigenvalue weighted by atomic mass is 32.1. The number of carbonyl (C=O) groups excluding carboxylic acids is 2. The van der Waals surface area contributed by atoms with Crippen molar-refractivity contribution in [2.45, 2.75) is 33.1 Å². The molecule has 2 heterocycles. The van der Waals surface area contributed by atoms with E-state index in [1.165, 1.54) is 11.3 Å². The van der Waals surface area contributed by atoms with E-state index in [1.807, 2.05) is 13.0 Å². The Kier molecular flexibility index (Phi) is 6.86. The van der Waals surface area contributed by atoms with Crippen LogP contribution in [0.2, 0.25) is 0 Å². The summed E-state index contributed by atoms with van der Waals surface area (Å²) in [4.78, 5) is 33.3. The molecule has 0 saturated heterocycles. The topological polar surface area (TPSA) is 109 Å². The van der Waals surface area contributed by atoms with E-state index in [4.69, 9.17) is 4.42 Å². The molecule has 3 rings (SSSR count). The third kappa shape index (κ3) is 6.26. The van der Waals surface area contributed by atoms with E-state index in [0.29, 0.717) is 28.8 Å². The molecule has 8 nitrogen and oxygen atoms in total. The number of rotatable bonds is 6. The summed E-state index contributed by atoms with van der Waals surface area (Å²) in [7, 11) is 0. The van der Waals surface area contributed by atoms with Crippen LogP contribution in [0.1, 0.15) is 54.6 Å². The lowest BCUT2D eigenvalue weighted by Gasteiger charge is -2.12. The number of hydrogen-bond acceptors (Lipinski definition) is 6. The molecule has 31 heavy (non-hydrogen) atoms. The molecule has 0 atom stereocenters. The van der Waals surface area contributed by atoms with Crippen molar-refractivity contribution in [3.8, 4) is 0 Å². The summed E-state index contributed by atoms with van der Waals surface area (Å²) in [5.41, 5.74) is 1.00. The zero-order valence-electron chi connectivity index (χ0n) is 17.9. The summed E-state index contributed by atoms with van der Waals surface area (Å²) in [5, 5.41) is 8.59. The minimum Gasteiger partial charge on any atom is -0.441 e. The number of carbonyl (C=O) groups is 2. The predicted octanol–water partition coefficient (Wildman–Crippen LogP) is 4.99. The first-order valence-electron chi connectivity index (χ1n) is 9.81. The molecule has 0 saturated carbocycles. The van der Waals surface area contributed by atoms with Gasteiger partial charge in [0.25, 0.3) is 5.91 Å². The van der Waals surface area contributed by atoms with Crippen LogP contribution in [0, 0.1) is 0 Å². The van der Waals surface area contributed by atoms with E-state index in [1.54, 1.807) is 42.7 Å². The fourth-order valence-corrected chi connectivity index (χ4v) is 3.23. The quantitative estimate of drug-likeness (QED) is 0.501. The van der Waals surface area contributed by atoms with Crippen molar-refractivity contribution >= 4 is 46.2 Å². The van der Waals surface area contributed by atoms with Crippen LogP contribution in [0.15, 0.2) is 41.1 Å². The van der Waals surface area contributed by atoms with Crippen molar-refractivity contribution in [1.82, 2.24) is 15.3 Å². The molecular weight excluding hydrogens is 414 g/mol. The van der Waals surface area contributed by atoms with E-state index in [-0.39, 0.29) is 11.3 Å². The first kappa shape index (κ1) is 22.2. The van der Waals surface area contributed by atoms with Crippen molar-refractivity contribution in [3.05, 3.63) is 58.8 Å². The summed E-state index contributed by atoms with van der Waals surface area (Å²) < 4.78 is 5.73. The highest BCUT2D eigenvalue weighted by Gasteiger charge is 2.18. The summed E-state index contributed by atoms with van der Waals surface area (Å²) in [6, 6.07) is 6.23. The number of aromatic nitrogens is 2. The summed E-state index contributed by atoms with van der Waals surface area (Å²) in [6.45, 7) is 8.59. The monoisotopic (exact) mass is 439 g/mol. The number of urea groups is 1. The van der Waals surface area contributed by atoms with Gasteiger partial charge < -0.3 is 15.1 Å². The molecule has 1 aromatic carbocycles. The number of thiazole rings is 1. The third-order valence-corrected chi connectivity index (χ3v) is 5.02. The first-order valence-corrected chi connectivity index (χ1v) is 10.6. The maximum absolute atomic E-state index is 12.2. The molecule has 3 aromatic rings. The highest BCUT2D eigenvalue weighted by molar-refractivity contribution is 7.16. The van der Waals surface area contributed by atoms with Crippen LogP contribution in [-0.2, 0) is 5.41 Å². The molecule has 0 aliphatic rings. The molecule has 3 amide bonds. The summed E-state index contributed by atoms with van der Waals surface area (Å²) in [5.74, 6) is 1.18. The van der Waals surface area contributed by atoms with Crippen LogP contribution in [0.5, 0.6) is 0 Å². The largest absolute Gasteiger partial charge is 0.441 e. The van der Waals surface area contributed by atoms with E-state index in [9.17, 15) is 9.59 Å². The van der Waals surface area contributed by atoms with E-state index < -0.39 is 6.03 Å². The van der Waals surface area contributed by atoms with Gasteiger partial charge in [0.1, 0.15) is 5.76 Å². The molecule has 0 fully saturated rings. The van der Waals surface area contributed by atoms with Crippen LogP contribution in [0.4, 0.5) is 15.6 Å². The van der Waals surface area contributed by atoms with Crippen molar-refractivity contribution < 1.29 is 14.0 Å². The van der Waals surface area contributed by atoms with Crippen LogP contribution >= 0.6 is 11.3 Å². The van der Waals surface area contributed by atoms with Crippen LogP contribution < -0.4 is 16.0 Å². The van der Waals surface area contributed by atoms with Crippen molar-refractivity contribution in [1.29, 1.82) is 0 Å². The van der Waals surface area contributed by atoms with Gasteiger partial charge in [0.15, 0.2) is 5.13 Å². The van der Waals surface area contributed by atoms with Gasteiger partial charge in [0.2, 0.25) is 5.89 Å². The molecular formula is C22H25N5O3S. The highest BCUT2D eigenvalue weighted by Crippen LogP contribution is 2.24. The average Bonchev–Trinajstić information content (AvgIpc) is 3.36. The zero-order valence-corrected chi connectivity index (χ0v) is 18.7. The normalized spacial score (nSPS) is 11.5. The van der Waals surface area contributed by atoms with Gasteiger partial charge in [-0.05, 0) is 37.3 Å². The minimum atomic E-state index is -0.418. The fraction of sp³-hybridized carbons (Fsp3) is 0.273. The van der Waals surface area contributed by atoms with Crippen LogP contribution in [0.3, 0.4) is 0 Å². The van der Waals surface area contributed by atoms with Crippen LogP contribution in [0.25, 0.3) is 12.2 Å². The maximum atomic E-state index is 12.2. The smallest absolute Gasteiger partial charge is 0.325 e. The molecule has 0 bridgehead atoms. The predicted molar refractivity (Wildman–Crippen MR) is 123 cm³/mol. The number of amides is 3. The second kappa shape index (κ2) is 9.57. The zero-order chi connectivity index (χ0) is 22.4. The number of oxazole rings is 1. The lowest BCUT2D eigenvalue weighted by atomic mass is 9.94. The molecule has 0 aliphatic heterocycles. The molecule has 2 aromatic heterocycles. The molecule has 0 radical (unpaired) electrons. The third-order valence-electron chi connectivity index (χ3n) is 4.14. The van der Waals surface area contributed by atoms with Gasteiger partial charge in [-0.3, -0.25) is 10.1 Å². The molecule has 162 valence electrons. The Morgan fingerprint density at radius 3 is 2.45 bits per heavy atom. The number of nitrogens with zero attached hydrogens (tertiary/aromatic N) is 2. The Labute approximate surface area is 184 Å². The number of hydrogen-bond donors (Lipinski definition) is 3. The first-order chi connectivity index (χ1) is 14.7. The van der Waals surface area contributed by atoms with E-state index >= 15 is 0 Å². The van der Waals surface area contributed by atoms with Gasteiger partial charge in [-0.2, -0.15) is 0 Å². The number of benzene rings is 1. The Bertz CT molecular complexity index is 1080. The molecule has 0 aliphatic carbocycles. The molecule has 0 unspecified atom stereocenters. The Balaban J connectivity index is 1.55. The van der Waals surface area contributed by atoms with Gasteiger partial charge >= 0.3 is 6.03 Å². The molecule has 0 spiro atoms. The summed E-state index contributed by atoms with van der Waals surface area (Å²) in [6.07, 6.45) is 6.99. The standard InChI is InChI=1S/C22H25N5O3S/c1-5-23-19(28)14-6-8-15(9-7-14)26-20(29)27-21-25-12-16(31-21)10-11-18-24-13-17(30-18)22(2,3)4/h6-13H,5H2,1-4H3,(H,23,28)(H2,25,26,27,29).